The largest absolute Gasteiger partial charge is 0.373 e. The quantitative estimate of drug-likeness (QED) is 0.814. The molecule has 1 heterocycles. The van der Waals surface area contributed by atoms with Gasteiger partial charge in [0, 0.05) is 18.4 Å². The Labute approximate surface area is 117 Å². The van der Waals surface area contributed by atoms with Crippen molar-refractivity contribution in [1.29, 1.82) is 0 Å². The van der Waals surface area contributed by atoms with Gasteiger partial charge in [-0.1, -0.05) is 30.9 Å². The van der Waals surface area contributed by atoms with Gasteiger partial charge in [-0.05, 0) is 30.9 Å². The van der Waals surface area contributed by atoms with Crippen molar-refractivity contribution in [3.05, 3.63) is 21.3 Å². The number of rotatable bonds is 5. The second-order valence-electron chi connectivity index (χ2n) is 4.90. The zero-order chi connectivity index (χ0) is 13.0. The lowest BCUT2D eigenvalue weighted by Crippen LogP contribution is -2.34. The molecule has 1 atom stereocenters. The predicted octanol–water partition coefficient (Wildman–Crippen LogP) is 4.11. The minimum Gasteiger partial charge on any atom is -0.373 e. The highest BCUT2D eigenvalue weighted by molar-refractivity contribution is 7.16. The van der Waals surface area contributed by atoms with Gasteiger partial charge in [-0.15, -0.1) is 11.3 Å². The van der Waals surface area contributed by atoms with Crippen molar-refractivity contribution < 1.29 is 9.53 Å². The van der Waals surface area contributed by atoms with Gasteiger partial charge in [0.1, 0.15) is 6.10 Å². The topological polar surface area (TPSA) is 26.3 Å². The molecule has 1 aromatic rings. The monoisotopic (exact) mass is 286 g/mol. The van der Waals surface area contributed by atoms with Crippen molar-refractivity contribution in [2.24, 2.45) is 5.92 Å². The van der Waals surface area contributed by atoms with Crippen molar-refractivity contribution in [3.63, 3.8) is 0 Å². The van der Waals surface area contributed by atoms with Gasteiger partial charge < -0.3 is 4.74 Å². The van der Waals surface area contributed by atoms with Crippen LogP contribution in [0.3, 0.4) is 0 Å². The Morgan fingerprint density at radius 2 is 2.17 bits per heavy atom. The molecule has 0 bridgehead atoms. The van der Waals surface area contributed by atoms with Crippen LogP contribution in [0.1, 0.15) is 37.0 Å². The van der Waals surface area contributed by atoms with Crippen molar-refractivity contribution in [1.82, 2.24) is 0 Å². The van der Waals surface area contributed by atoms with Crippen LogP contribution in [0.2, 0.25) is 4.34 Å². The first-order valence-corrected chi connectivity index (χ1v) is 7.70. The number of carbonyl (C=O) groups excluding carboxylic acids is 1. The van der Waals surface area contributed by atoms with E-state index in [1.54, 1.807) is 7.11 Å². The minimum atomic E-state index is -0.230. The second kappa shape index (κ2) is 6.69. The maximum absolute atomic E-state index is 12.3. The average molecular weight is 287 g/mol. The molecule has 1 saturated carbocycles. The molecule has 0 N–H and O–H groups in total. The van der Waals surface area contributed by atoms with Crippen LogP contribution in [0.25, 0.3) is 0 Å². The summed E-state index contributed by atoms with van der Waals surface area (Å²) in [6.07, 6.45) is 6.20. The van der Waals surface area contributed by atoms with E-state index >= 15 is 0 Å². The Hall–Kier alpha value is -0.380. The van der Waals surface area contributed by atoms with Crippen LogP contribution in [0.4, 0.5) is 0 Å². The van der Waals surface area contributed by atoms with E-state index in [0.29, 0.717) is 12.3 Å². The molecule has 0 amide bonds. The summed E-state index contributed by atoms with van der Waals surface area (Å²) in [5.41, 5.74) is 0. The highest BCUT2D eigenvalue weighted by atomic mass is 35.5. The van der Waals surface area contributed by atoms with E-state index in [4.69, 9.17) is 16.3 Å². The fraction of sp³-hybridized carbons (Fsp3) is 0.643. The number of carbonyl (C=O) groups is 1. The Bertz CT molecular complexity index is 396. The van der Waals surface area contributed by atoms with E-state index in [-0.39, 0.29) is 11.9 Å². The Morgan fingerprint density at radius 3 is 2.72 bits per heavy atom. The van der Waals surface area contributed by atoms with Crippen LogP contribution < -0.4 is 0 Å². The fourth-order valence-corrected chi connectivity index (χ4v) is 3.84. The predicted molar refractivity (Wildman–Crippen MR) is 75.4 cm³/mol. The summed E-state index contributed by atoms with van der Waals surface area (Å²) in [6.45, 7) is 0. The van der Waals surface area contributed by atoms with Crippen molar-refractivity contribution in [3.8, 4) is 0 Å². The van der Waals surface area contributed by atoms with Crippen LogP contribution in [-0.2, 0) is 16.0 Å². The van der Waals surface area contributed by atoms with Gasteiger partial charge >= 0.3 is 0 Å². The zero-order valence-corrected chi connectivity index (χ0v) is 12.2. The van der Waals surface area contributed by atoms with Gasteiger partial charge in [-0.25, -0.2) is 0 Å². The molecule has 2 rings (SSSR count). The molecule has 1 fully saturated rings. The lowest BCUT2D eigenvalue weighted by molar-refractivity contribution is -0.132. The first-order valence-electron chi connectivity index (χ1n) is 6.50. The van der Waals surface area contributed by atoms with Crippen LogP contribution >= 0.6 is 22.9 Å². The molecular formula is C14H19ClO2S. The van der Waals surface area contributed by atoms with Gasteiger partial charge in [-0.2, -0.15) is 0 Å². The molecule has 2 nitrogen and oxygen atoms in total. The Morgan fingerprint density at radius 1 is 1.44 bits per heavy atom. The molecular weight excluding hydrogens is 268 g/mol. The molecule has 1 aliphatic carbocycles. The SMILES string of the molecule is COC(C(=O)Cc1ccc(Cl)s1)C1CCCCC1. The van der Waals surface area contributed by atoms with Gasteiger partial charge in [0.2, 0.25) is 0 Å². The standard InChI is InChI=1S/C14H19ClO2S/c1-17-14(10-5-3-2-4-6-10)12(16)9-11-7-8-13(15)18-11/h7-8,10,14H,2-6,9H2,1H3. The van der Waals surface area contributed by atoms with Crippen LogP contribution in [-0.4, -0.2) is 19.0 Å². The summed E-state index contributed by atoms with van der Waals surface area (Å²) >= 11 is 7.36. The van der Waals surface area contributed by atoms with Crippen LogP contribution in [0.15, 0.2) is 12.1 Å². The first kappa shape index (κ1) is 14.0. The van der Waals surface area contributed by atoms with Gasteiger partial charge in [0.05, 0.1) is 4.34 Å². The number of hydrogen-bond acceptors (Lipinski definition) is 3. The third-order valence-electron chi connectivity index (χ3n) is 3.63. The van der Waals surface area contributed by atoms with E-state index in [9.17, 15) is 4.79 Å². The number of ketones is 1. The lowest BCUT2D eigenvalue weighted by atomic mass is 9.83. The number of ether oxygens (including phenoxy) is 1. The molecule has 0 saturated heterocycles. The highest BCUT2D eigenvalue weighted by Crippen LogP contribution is 2.29. The normalized spacial score (nSPS) is 18.8. The van der Waals surface area contributed by atoms with Crippen molar-refractivity contribution in [2.45, 2.75) is 44.6 Å². The summed E-state index contributed by atoms with van der Waals surface area (Å²) in [5, 5.41) is 0. The third-order valence-corrected chi connectivity index (χ3v) is 4.86. The number of halogens is 1. The van der Waals surface area contributed by atoms with Gasteiger partial charge in [0.25, 0.3) is 0 Å². The molecule has 1 unspecified atom stereocenters. The zero-order valence-electron chi connectivity index (χ0n) is 10.7. The number of Topliss-reactive ketones (excluding diaryl/α,β-unsaturated/α-hetero) is 1. The van der Waals surface area contributed by atoms with Crippen LogP contribution in [0, 0.1) is 5.92 Å². The first-order chi connectivity index (χ1) is 8.70. The molecule has 1 aliphatic rings. The molecule has 0 spiro atoms. The van der Waals surface area contributed by atoms with Crippen LogP contribution in [0.5, 0.6) is 0 Å². The molecule has 100 valence electrons. The smallest absolute Gasteiger partial charge is 0.166 e. The fourth-order valence-electron chi connectivity index (χ4n) is 2.74. The number of methoxy groups -OCH3 is 1. The van der Waals surface area contributed by atoms with E-state index in [1.165, 1.54) is 30.6 Å². The summed E-state index contributed by atoms with van der Waals surface area (Å²) < 4.78 is 6.19. The Balaban J connectivity index is 1.96. The van der Waals surface area contributed by atoms with E-state index in [1.807, 2.05) is 12.1 Å². The van der Waals surface area contributed by atoms with Crippen molar-refractivity contribution in [2.75, 3.05) is 7.11 Å². The van der Waals surface area contributed by atoms with Gasteiger partial charge in [0.15, 0.2) is 5.78 Å². The summed E-state index contributed by atoms with van der Waals surface area (Å²) in [4.78, 5) is 13.3. The molecule has 4 heteroatoms. The van der Waals surface area contributed by atoms with E-state index in [0.717, 1.165) is 22.1 Å². The average Bonchev–Trinajstić information content (AvgIpc) is 2.77. The molecule has 0 aromatic carbocycles. The third kappa shape index (κ3) is 3.56. The second-order valence-corrected chi connectivity index (χ2v) is 6.70. The van der Waals surface area contributed by atoms with E-state index < -0.39 is 0 Å². The van der Waals surface area contributed by atoms with Crippen molar-refractivity contribution >= 4 is 28.7 Å². The summed E-state index contributed by atoms with van der Waals surface area (Å²) in [6, 6.07) is 3.77. The molecule has 0 aliphatic heterocycles. The minimum absolute atomic E-state index is 0.197. The molecule has 1 aromatic heterocycles. The maximum Gasteiger partial charge on any atom is 0.166 e. The number of hydrogen-bond donors (Lipinski definition) is 0. The molecule has 18 heavy (non-hydrogen) atoms. The maximum atomic E-state index is 12.3. The van der Waals surface area contributed by atoms with Gasteiger partial charge in [-0.3, -0.25) is 4.79 Å². The van der Waals surface area contributed by atoms with E-state index in [2.05, 4.69) is 0 Å². The number of thiophene rings is 1. The Kier molecular flexibility index (Phi) is 5.22. The summed E-state index contributed by atoms with van der Waals surface area (Å²) in [7, 11) is 1.65. The summed E-state index contributed by atoms with van der Waals surface area (Å²) in [5.74, 6) is 0.606. The molecule has 0 radical (unpaired) electrons. The highest BCUT2D eigenvalue weighted by Gasteiger charge is 2.29. The lowest BCUT2D eigenvalue weighted by Gasteiger charge is -2.28.